The van der Waals surface area contributed by atoms with Crippen LogP contribution in [0.1, 0.15) is 22.3 Å². The number of para-hydroxylation sites is 1. The van der Waals surface area contributed by atoms with Gasteiger partial charge in [-0.15, -0.1) is 0 Å². The number of nitrogens with one attached hydrogen (secondary N) is 1. The Kier molecular flexibility index (Phi) is 5.52. The lowest BCUT2D eigenvalue weighted by molar-refractivity contribution is -0.116. The van der Waals surface area contributed by atoms with E-state index in [1.807, 2.05) is 36.5 Å². The first-order chi connectivity index (χ1) is 14.6. The first-order valence-corrected chi connectivity index (χ1v) is 9.66. The summed E-state index contributed by atoms with van der Waals surface area (Å²) in [5.41, 5.74) is 3.69. The van der Waals surface area contributed by atoms with E-state index in [2.05, 4.69) is 28.5 Å². The molecule has 0 saturated carbocycles. The van der Waals surface area contributed by atoms with Gasteiger partial charge in [0.25, 0.3) is 0 Å². The van der Waals surface area contributed by atoms with E-state index in [9.17, 15) is 14.7 Å². The normalized spacial score (nSPS) is 10.7. The molecule has 2 N–H and O–H groups in total. The minimum atomic E-state index is -1.06. The molecule has 0 aliphatic heterocycles. The number of nitrogens with zero attached hydrogens (tertiary/aromatic N) is 1. The number of fused-ring (bicyclic) bond motifs is 1. The van der Waals surface area contributed by atoms with Crippen molar-refractivity contribution < 1.29 is 14.7 Å². The van der Waals surface area contributed by atoms with Crippen molar-refractivity contribution in [3.05, 3.63) is 96.3 Å². The van der Waals surface area contributed by atoms with E-state index in [1.54, 1.807) is 24.4 Å². The molecule has 0 radical (unpaired) electrons. The largest absolute Gasteiger partial charge is 0.478 e. The van der Waals surface area contributed by atoms with Crippen molar-refractivity contribution in [1.29, 1.82) is 0 Å². The van der Waals surface area contributed by atoms with Crippen LogP contribution >= 0.6 is 0 Å². The van der Waals surface area contributed by atoms with Crippen LogP contribution in [0.4, 0.5) is 5.69 Å². The Labute approximate surface area is 174 Å². The predicted molar refractivity (Wildman–Crippen MR) is 118 cm³/mol. The van der Waals surface area contributed by atoms with Crippen molar-refractivity contribution in [3.63, 3.8) is 0 Å². The molecule has 0 atom stereocenters. The van der Waals surface area contributed by atoms with Gasteiger partial charge in [-0.1, -0.05) is 54.6 Å². The summed E-state index contributed by atoms with van der Waals surface area (Å²) in [6.45, 7) is 0. The molecule has 3 aromatic carbocycles. The Morgan fingerprint density at radius 1 is 0.900 bits per heavy atom. The Balaban J connectivity index is 1.43. The zero-order valence-corrected chi connectivity index (χ0v) is 16.2. The molecular formula is C25H20N2O3. The van der Waals surface area contributed by atoms with Gasteiger partial charge in [-0.3, -0.25) is 9.78 Å². The fraction of sp³-hybridized carbons (Fsp3) is 0.0800. The van der Waals surface area contributed by atoms with Gasteiger partial charge in [-0.05, 0) is 46.7 Å². The second kappa shape index (κ2) is 8.57. The first kappa shape index (κ1) is 19.3. The van der Waals surface area contributed by atoms with E-state index in [1.165, 1.54) is 6.07 Å². The molecule has 5 heteroatoms. The zero-order valence-electron chi connectivity index (χ0n) is 16.2. The highest BCUT2D eigenvalue weighted by molar-refractivity contribution is 6.00. The summed E-state index contributed by atoms with van der Waals surface area (Å²) >= 11 is 0. The van der Waals surface area contributed by atoms with Crippen LogP contribution in [0.25, 0.3) is 21.9 Å². The lowest BCUT2D eigenvalue weighted by atomic mass is 9.98. The molecule has 0 fully saturated rings. The fourth-order valence-electron chi connectivity index (χ4n) is 3.47. The molecule has 0 aliphatic rings. The van der Waals surface area contributed by atoms with Crippen LogP contribution < -0.4 is 5.32 Å². The van der Waals surface area contributed by atoms with Crippen LogP contribution in [0.2, 0.25) is 0 Å². The number of pyridine rings is 1. The van der Waals surface area contributed by atoms with E-state index in [0.29, 0.717) is 12.1 Å². The number of aromatic nitrogens is 1. The molecule has 0 aliphatic carbocycles. The smallest absolute Gasteiger partial charge is 0.337 e. The van der Waals surface area contributed by atoms with Gasteiger partial charge in [-0.2, -0.15) is 0 Å². The van der Waals surface area contributed by atoms with Gasteiger partial charge in [0, 0.05) is 24.2 Å². The monoisotopic (exact) mass is 396 g/mol. The molecule has 0 saturated heterocycles. The number of amides is 1. The predicted octanol–water partition coefficient (Wildman–Crippen LogP) is 5.17. The summed E-state index contributed by atoms with van der Waals surface area (Å²) in [6.07, 6.45) is 4.49. The molecule has 30 heavy (non-hydrogen) atoms. The maximum atomic E-state index is 12.3. The summed E-state index contributed by atoms with van der Waals surface area (Å²) in [5.74, 6) is -1.28. The number of hydrogen-bond donors (Lipinski definition) is 2. The lowest BCUT2D eigenvalue weighted by Crippen LogP contribution is -2.15. The highest BCUT2D eigenvalue weighted by atomic mass is 16.4. The third-order valence-corrected chi connectivity index (χ3v) is 5.02. The van der Waals surface area contributed by atoms with Crippen molar-refractivity contribution in [1.82, 2.24) is 4.98 Å². The highest BCUT2D eigenvalue weighted by Gasteiger charge is 2.12. The summed E-state index contributed by atoms with van der Waals surface area (Å²) in [5, 5.41) is 14.2. The minimum Gasteiger partial charge on any atom is -0.478 e. The topological polar surface area (TPSA) is 79.3 Å². The van der Waals surface area contributed by atoms with Gasteiger partial charge in [0.05, 0.1) is 11.3 Å². The van der Waals surface area contributed by atoms with Crippen molar-refractivity contribution in [2.45, 2.75) is 12.8 Å². The number of carboxylic acids is 1. The second-order valence-corrected chi connectivity index (χ2v) is 7.00. The standard InChI is InChI=1S/C25H20N2O3/c28-24(27-23-7-2-1-5-22(23)25(29)30)13-10-17-8-11-18(12-9-17)20-6-3-4-19-16-26-15-14-21(19)20/h1-9,11-12,14-16H,10,13H2,(H,27,28)(H,29,30). The molecule has 0 bridgehead atoms. The van der Waals surface area contributed by atoms with Gasteiger partial charge in [0.2, 0.25) is 5.91 Å². The highest BCUT2D eigenvalue weighted by Crippen LogP contribution is 2.28. The quantitative estimate of drug-likeness (QED) is 0.471. The maximum absolute atomic E-state index is 12.3. The minimum absolute atomic E-state index is 0.0838. The Morgan fingerprint density at radius 2 is 1.70 bits per heavy atom. The number of carbonyl (C=O) groups is 2. The molecule has 1 heterocycles. The Morgan fingerprint density at radius 3 is 2.50 bits per heavy atom. The molecule has 4 aromatic rings. The molecule has 0 spiro atoms. The van der Waals surface area contributed by atoms with Crippen LogP contribution in [-0.2, 0) is 11.2 Å². The van der Waals surface area contributed by atoms with Crippen molar-refractivity contribution in [3.8, 4) is 11.1 Å². The van der Waals surface area contributed by atoms with E-state index in [4.69, 9.17) is 0 Å². The second-order valence-electron chi connectivity index (χ2n) is 7.00. The third kappa shape index (κ3) is 4.20. The summed E-state index contributed by atoms with van der Waals surface area (Å²) in [6, 6.07) is 22.7. The van der Waals surface area contributed by atoms with Crippen LogP contribution in [0.3, 0.4) is 0 Å². The number of carbonyl (C=O) groups excluding carboxylic acids is 1. The van der Waals surface area contributed by atoms with E-state index in [-0.39, 0.29) is 17.9 Å². The molecule has 1 aromatic heterocycles. The number of rotatable bonds is 6. The zero-order chi connectivity index (χ0) is 20.9. The average molecular weight is 396 g/mol. The summed E-state index contributed by atoms with van der Waals surface area (Å²) < 4.78 is 0. The molecule has 148 valence electrons. The molecular weight excluding hydrogens is 376 g/mol. The third-order valence-electron chi connectivity index (χ3n) is 5.02. The first-order valence-electron chi connectivity index (χ1n) is 9.66. The number of carboxylic acid groups (broad SMARTS) is 1. The molecule has 5 nitrogen and oxygen atoms in total. The van der Waals surface area contributed by atoms with Crippen LogP contribution in [0, 0.1) is 0 Å². The number of hydrogen-bond acceptors (Lipinski definition) is 3. The van der Waals surface area contributed by atoms with E-state index >= 15 is 0 Å². The average Bonchev–Trinajstić information content (AvgIpc) is 2.78. The van der Waals surface area contributed by atoms with Crippen LogP contribution in [0.15, 0.2) is 85.2 Å². The molecule has 1 amide bonds. The van der Waals surface area contributed by atoms with Crippen molar-refractivity contribution >= 4 is 28.3 Å². The Hall–Kier alpha value is -3.99. The number of benzene rings is 3. The van der Waals surface area contributed by atoms with Gasteiger partial charge in [0.1, 0.15) is 0 Å². The van der Waals surface area contributed by atoms with Gasteiger partial charge in [-0.25, -0.2) is 4.79 Å². The maximum Gasteiger partial charge on any atom is 0.337 e. The van der Waals surface area contributed by atoms with Crippen molar-refractivity contribution in [2.75, 3.05) is 5.32 Å². The van der Waals surface area contributed by atoms with Crippen molar-refractivity contribution in [2.24, 2.45) is 0 Å². The fourth-order valence-corrected chi connectivity index (χ4v) is 3.47. The van der Waals surface area contributed by atoms with Gasteiger partial charge in [0.15, 0.2) is 0 Å². The van der Waals surface area contributed by atoms with Crippen LogP contribution in [0.5, 0.6) is 0 Å². The summed E-state index contributed by atoms with van der Waals surface area (Å²) in [4.78, 5) is 27.7. The van der Waals surface area contributed by atoms with Gasteiger partial charge < -0.3 is 10.4 Å². The van der Waals surface area contributed by atoms with Crippen LogP contribution in [-0.4, -0.2) is 22.0 Å². The summed E-state index contributed by atoms with van der Waals surface area (Å²) in [7, 11) is 0. The van der Waals surface area contributed by atoms with E-state index in [0.717, 1.165) is 27.5 Å². The number of aromatic carboxylic acids is 1. The number of aryl methyl sites for hydroxylation is 1. The van der Waals surface area contributed by atoms with Gasteiger partial charge >= 0.3 is 5.97 Å². The lowest BCUT2D eigenvalue weighted by Gasteiger charge is -2.09. The van der Waals surface area contributed by atoms with E-state index < -0.39 is 5.97 Å². The molecule has 0 unspecified atom stereocenters. The number of anilines is 1. The Bertz CT molecular complexity index is 1210. The SMILES string of the molecule is O=C(CCc1ccc(-c2cccc3cnccc23)cc1)Nc1ccccc1C(=O)O. The molecule has 4 rings (SSSR count).